The molecule has 2 unspecified atom stereocenters. The maximum absolute atomic E-state index is 2.46. The third-order valence-corrected chi connectivity index (χ3v) is 6.60. The molecule has 0 amide bonds. The van der Waals surface area contributed by atoms with E-state index in [1.54, 1.807) is 5.56 Å². The average Bonchev–Trinajstić information content (AvgIpc) is 2.88. The van der Waals surface area contributed by atoms with Gasteiger partial charge in [-0.2, -0.15) is 0 Å². The Bertz CT molecular complexity index is 436. The summed E-state index contributed by atoms with van der Waals surface area (Å²) in [5.41, 5.74) is 3.08. The Morgan fingerprint density at radius 2 is 1.33 bits per heavy atom. The summed E-state index contributed by atoms with van der Waals surface area (Å²) < 4.78 is 0. The van der Waals surface area contributed by atoms with E-state index in [9.17, 15) is 0 Å². The Morgan fingerprint density at radius 1 is 0.750 bits per heavy atom. The van der Waals surface area contributed by atoms with Crippen molar-refractivity contribution in [1.82, 2.24) is 0 Å². The molecule has 0 aliphatic heterocycles. The lowest BCUT2D eigenvalue weighted by atomic mass is 9.72. The van der Waals surface area contributed by atoms with E-state index in [0.717, 1.165) is 30.1 Å². The van der Waals surface area contributed by atoms with Crippen LogP contribution in [0.25, 0.3) is 0 Å². The quantitative estimate of drug-likeness (QED) is 0.497. The molecule has 0 nitrogen and oxygen atoms in total. The summed E-state index contributed by atoms with van der Waals surface area (Å²) in [5, 5.41) is 0. The fourth-order valence-electron chi connectivity index (χ4n) is 4.94. The fraction of sp³-hybridized carbons (Fsp3) is 0.750. The summed E-state index contributed by atoms with van der Waals surface area (Å²) in [6.07, 6.45) is 14.5. The topological polar surface area (TPSA) is 0 Å². The normalized spacial score (nSPS) is 30.8. The molecule has 24 heavy (non-hydrogen) atoms. The van der Waals surface area contributed by atoms with Gasteiger partial charge in [0.15, 0.2) is 0 Å². The lowest BCUT2D eigenvalue weighted by Crippen LogP contribution is -2.21. The van der Waals surface area contributed by atoms with Gasteiger partial charge in [-0.1, -0.05) is 77.6 Å². The molecule has 0 radical (unpaired) electrons. The molecule has 0 saturated heterocycles. The van der Waals surface area contributed by atoms with Crippen LogP contribution in [0.4, 0.5) is 0 Å². The van der Waals surface area contributed by atoms with Crippen molar-refractivity contribution in [1.29, 1.82) is 0 Å². The second-order valence-corrected chi connectivity index (χ2v) is 8.08. The van der Waals surface area contributed by atoms with Crippen LogP contribution in [0.15, 0.2) is 24.3 Å². The van der Waals surface area contributed by atoms with E-state index in [-0.39, 0.29) is 0 Å². The molecule has 2 atom stereocenters. The highest BCUT2D eigenvalue weighted by atomic mass is 14.3. The maximum atomic E-state index is 2.46. The molecule has 2 saturated carbocycles. The first-order chi connectivity index (χ1) is 11.8. The fourth-order valence-corrected chi connectivity index (χ4v) is 4.94. The third kappa shape index (κ3) is 5.36. The minimum absolute atomic E-state index is 0.840. The predicted molar refractivity (Wildman–Crippen MR) is 108 cm³/mol. The molecule has 0 heteroatoms. The summed E-state index contributed by atoms with van der Waals surface area (Å²) in [7, 11) is 0. The van der Waals surface area contributed by atoms with Crippen molar-refractivity contribution in [2.45, 2.75) is 97.8 Å². The number of aryl methyl sites for hydroxylation is 1. The van der Waals surface area contributed by atoms with Gasteiger partial charge < -0.3 is 0 Å². The highest BCUT2D eigenvalue weighted by molar-refractivity contribution is 5.25. The summed E-state index contributed by atoms with van der Waals surface area (Å²) >= 11 is 0. The molecule has 3 rings (SSSR count). The van der Waals surface area contributed by atoms with Crippen molar-refractivity contribution < 1.29 is 0 Å². The van der Waals surface area contributed by atoms with Gasteiger partial charge >= 0.3 is 0 Å². The van der Waals surface area contributed by atoms with E-state index >= 15 is 0 Å². The minimum atomic E-state index is 0.840. The van der Waals surface area contributed by atoms with Gasteiger partial charge in [-0.05, 0) is 73.3 Å². The SMILES string of the molecule is CC.CCc1ccc(C2CCC(C3CCCC(C)CC3)CC2)cc1. The van der Waals surface area contributed by atoms with Crippen molar-refractivity contribution in [2.75, 3.05) is 0 Å². The molecule has 0 N–H and O–H groups in total. The molecule has 0 aromatic heterocycles. The predicted octanol–water partition coefficient (Wildman–Crippen LogP) is 7.77. The first kappa shape index (κ1) is 19.5. The molecule has 1 aromatic rings. The van der Waals surface area contributed by atoms with E-state index < -0.39 is 0 Å². The molecule has 1 aromatic carbocycles. The van der Waals surface area contributed by atoms with Gasteiger partial charge in [0.05, 0.1) is 0 Å². The van der Waals surface area contributed by atoms with Crippen molar-refractivity contribution in [3.8, 4) is 0 Å². The van der Waals surface area contributed by atoms with Gasteiger partial charge in [0.25, 0.3) is 0 Å². The van der Waals surface area contributed by atoms with Gasteiger partial charge in [0, 0.05) is 0 Å². The van der Waals surface area contributed by atoms with Crippen LogP contribution < -0.4 is 0 Å². The zero-order chi connectivity index (χ0) is 17.4. The largest absolute Gasteiger partial charge is 0.0683 e. The molecule has 136 valence electrons. The Kier molecular flexibility index (Phi) is 8.36. The van der Waals surface area contributed by atoms with E-state index in [1.807, 2.05) is 13.8 Å². The monoisotopic (exact) mass is 328 g/mol. The number of benzene rings is 1. The Morgan fingerprint density at radius 3 is 1.96 bits per heavy atom. The van der Waals surface area contributed by atoms with Crippen LogP contribution in [-0.4, -0.2) is 0 Å². The van der Waals surface area contributed by atoms with E-state index in [1.165, 1.54) is 63.4 Å². The molecule has 2 aliphatic carbocycles. The summed E-state index contributed by atoms with van der Waals surface area (Å²) in [6, 6.07) is 9.48. The standard InChI is InChI=1S/C22H34.C2H6/c1-3-18-8-11-20(12-9-18)22-15-13-21(14-16-22)19-6-4-5-17(2)7-10-19;1-2/h8-9,11-12,17,19,21-22H,3-7,10,13-16H2,1-2H3;1-2H3. The zero-order valence-electron chi connectivity index (χ0n) is 16.7. The number of rotatable bonds is 3. The number of hydrogen-bond donors (Lipinski definition) is 0. The second-order valence-electron chi connectivity index (χ2n) is 8.08. The highest BCUT2D eigenvalue weighted by Gasteiger charge is 2.29. The maximum Gasteiger partial charge on any atom is -0.0162 e. The minimum Gasteiger partial charge on any atom is -0.0683 e. The Hall–Kier alpha value is -0.780. The second kappa shape index (κ2) is 10.3. The first-order valence-corrected chi connectivity index (χ1v) is 10.8. The van der Waals surface area contributed by atoms with E-state index in [0.29, 0.717) is 0 Å². The van der Waals surface area contributed by atoms with Crippen molar-refractivity contribution in [3.63, 3.8) is 0 Å². The Labute approximate surface area is 151 Å². The van der Waals surface area contributed by atoms with Crippen LogP contribution in [0.3, 0.4) is 0 Å². The molecular weight excluding hydrogens is 288 g/mol. The lowest BCUT2D eigenvalue weighted by Gasteiger charge is -2.34. The zero-order valence-corrected chi connectivity index (χ0v) is 16.7. The van der Waals surface area contributed by atoms with Gasteiger partial charge in [-0.15, -0.1) is 0 Å². The van der Waals surface area contributed by atoms with Crippen LogP contribution >= 0.6 is 0 Å². The van der Waals surface area contributed by atoms with Crippen LogP contribution in [0.2, 0.25) is 0 Å². The Balaban J connectivity index is 0.00000100. The average molecular weight is 329 g/mol. The van der Waals surface area contributed by atoms with E-state index in [4.69, 9.17) is 0 Å². The molecule has 0 spiro atoms. The van der Waals surface area contributed by atoms with Crippen LogP contribution in [0.5, 0.6) is 0 Å². The summed E-state index contributed by atoms with van der Waals surface area (Å²) in [4.78, 5) is 0. The summed E-state index contributed by atoms with van der Waals surface area (Å²) in [5.74, 6) is 3.91. The van der Waals surface area contributed by atoms with Gasteiger partial charge in [0.1, 0.15) is 0 Å². The van der Waals surface area contributed by atoms with Crippen LogP contribution in [0, 0.1) is 17.8 Å². The lowest BCUT2D eigenvalue weighted by molar-refractivity contribution is 0.212. The highest BCUT2D eigenvalue weighted by Crippen LogP contribution is 2.43. The van der Waals surface area contributed by atoms with E-state index in [2.05, 4.69) is 38.1 Å². The smallest absolute Gasteiger partial charge is 0.0162 e. The van der Waals surface area contributed by atoms with Crippen molar-refractivity contribution >= 4 is 0 Å². The van der Waals surface area contributed by atoms with Gasteiger partial charge in [-0.25, -0.2) is 0 Å². The van der Waals surface area contributed by atoms with Crippen LogP contribution in [0.1, 0.15) is 103 Å². The summed E-state index contributed by atoms with van der Waals surface area (Å²) in [6.45, 7) is 8.70. The van der Waals surface area contributed by atoms with Crippen LogP contribution in [-0.2, 0) is 6.42 Å². The molecule has 0 bridgehead atoms. The molecule has 0 heterocycles. The van der Waals surface area contributed by atoms with Gasteiger partial charge in [-0.3, -0.25) is 0 Å². The first-order valence-electron chi connectivity index (χ1n) is 10.8. The van der Waals surface area contributed by atoms with Crippen molar-refractivity contribution in [3.05, 3.63) is 35.4 Å². The van der Waals surface area contributed by atoms with Gasteiger partial charge in [0.2, 0.25) is 0 Å². The van der Waals surface area contributed by atoms with Crippen molar-refractivity contribution in [2.24, 2.45) is 17.8 Å². The molecule has 2 aliphatic rings. The number of hydrogen-bond acceptors (Lipinski definition) is 0. The molecular formula is C24H40. The molecule has 2 fully saturated rings. The third-order valence-electron chi connectivity index (χ3n) is 6.60.